The predicted molar refractivity (Wildman–Crippen MR) is 126 cm³/mol. The summed E-state index contributed by atoms with van der Waals surface area (Å²) in [5, 5.41) is 1.51. The minimum absolute atomic E-state index is 0.278. The Kier molecular flexibility index (Phi) is 7.69. The Morgan fingerprint density at radius 3 is 1.79 bits per heavy atom. The summed E-state index contributed by atoms with van der Waals surface area (Å²) in [6.45, 7) is 0. The van der Waals surface area contributed by atoms with Crippen LogP contribution in [0, 0.1) is 0 Å². The molecular formula is C25H23As3. The molecule has 1 aliphatic rings. The molecule has 0 radical (unpaired) electrons. The maximum atomic E-state index is 2.33. The number of benzene rings is 3. The molecule has 3 aromatic carbocycles. The zero-order valence-electron chi connectivity index (χ0n) is 15.8. The molecule has 138 valence electrons. The summed E-state index contributed by atoms with van der Waals surface area (Å²) >= 11 is 1.42. The molecule has 28 heavy (non-hydrogen) atoms. The summed E-state index contributed by atoms with van der Waals surface area (Å²) in [7, 11) is 0. The Bertz CT molecular complexity index is 988. The van der Waals surface area contributed by atoms with Crippen molar-refractivity contribution in [3.05, 3.63) is 108 Å². The summed E-state index contributed by atoms with van der Waals surface area (Å²) in [4.78, 5) is 0. The van der Waals surface area contributed by atoms with E-state index in [0.29, 0.717) is 24.2 Å². The van der Waals surface area contributed by atoms with Crippen LogP contribution in [0.25, 0.3) is 11.1 Å². The standard InChI is InChI=1S/C25H23As3/c1-4-12-20(13-5-1)23-18-10-11-19-26-28-27-25(22-16-8-3-9-17-22)24(23)21-14-6-2-7-15-21/h1-9,12-17H,10-11,18-19H2/b24-23+. The Balaban J connectivity index is 2.02. The third kappa shape index (κ3) is 5.10. The second kappa shape index (κ2) is 10.6. The van der Waals surface area contributed by atoms with Crippen molar-refractivity contribution in [1.82, 2.24) is 0 Å². The summed E-state index contributed by atoms with van der Waals surface area (Å²) < 4.78 is 1.67. The van der Waals surface area contributed by atoms with E-state index in [2.05, 4.69) is 91.0 Å². The maximum absolute atomic E-state index is 2.33. The van der Waals surface area contributed by atoms with Crippen LogP contribution in [0.1, 0.15) is 36.0 Å². The first-order valence-corrected chi connectivity index (χ1v) is 22.4. The van der Waals surface area contributed by atoms with Crippen LogP contribution in [0.5, 0.6) is 0 Å². The van der Waals surface area contributed by atoms with Crippen molar-refractivity contribution in [3.63, 3.8) is 0 Å². The van der Waals surface area contributed by atoms with E-state index in [1.165, 1.54) is 46.7 Å². The van der Waals surface area contributed by atoms with Crippen LogP contribution in [0.15, 0.2) is 91.0 Å². The van der Waals surface area contributed by atoms with Gasteiger partial charge in [-0.15, -0.1) is 0 Å². The SMILES string of the molecule is c1ccc(C2=[As]\[As]=[As]/CCCC/C(c3ccccc3)=C\2c2ccccc2)cc1. The second-order valence-corrected chi connectivity index (χ2v) is 27.4. The molecule has 0 spiro atoms. The van der Waals surface area contributed by atoms with Crippen molar-refractivity contribution in [3.8, 4) is 0 Å². The Labute approximate surface area is 183 Å². The molecule has 3 heteroatoms. The van der Waals surface area contributed by atoms with Gasteiger partial charge >= 0.3 is 185 Å². The van der Waals surface area contributed by atoms with Gasteiger partial charge in [0.15, 0.2) is 0 Å². The van der Waals surface area contributed by atoms with E-state index >= 15 is 0 Å². The predicted octanol–water partition coefficient (Wildman–Crippen LogP) is 5.36. The molecule has 4 rings (SSSR count). The molecule has 0 amide bonds. The first-order valence-electron chi connectivity index (χ1n) is 9.78. The zero-order valence-corrected chi connectivity index (χ0v) is 21.5. The zero-order chi connectivity index (χ0) is 19.0. The minimum atomic E-state index is 0.278. The van der Waals surface area contributed by atoms with Gasteiger partial charge in [0.05, 0.1) is 0 Å². The van der Waals surface area contributed by atoms with Gasteiger partial charge in [-0.25, -0.2) is 0 Å². The average molecular weight is 548 g/mol. The fourth-order valence-electron chi connectivity index (χ4n) is 3.57. The molecule has 0 aliphatic carbocycles. The summed E-state index contributed by atoms with van der Waals surface area (Å²) in [6, 6.07) is 33.5. The van der Waals surface area contributed by atoms with Crippen molar-refractivity contribution in [2.75, 3.05) is 0 Å². The van der Waals surface area contributed by atoms with Crippen LogP contribution >= 0.6 is 0 Å². The monoisotopic (exact) mass is 548 g/mol. The molecule has 0 fully saturated rings. The van der Waals surface area contributed by atoms with Gasteiger partial charge in [-0.2, -0.15) is 0 Å². The van der Waals surface area contributed by atoms with Gasteiger partial charge in [-0.3, -0.25) is 0 Å². The van der Waals surface area contributed by atoms with Crippen LogP contribution in [0.4, 0.5) is 0 Å². The summed E-state index contributed by atoms with van der Waals surface area (Å²) in [6.07, 6.45) is 3.91. The Hall–Kier alpha value is -1.05. The van der Waals surface area contributed by atoms with Gasteiger partial charge in [0.1, 0.15) is 0 Å². The average Bonchev–Trinajstić information content (AvgIpc) is 2.78. The van der Waals surface area contributed by atoms with Crippen LogP contribution < -0.4 is 0 Å². The fraction of sp³-hybridized carbons (Fsp3) is 0.160. The fourth-order valence-corrected chi connectivity index (χ4v) is 26.4. The van der Waals surface area contributed by atoms with E-state index in [0.717, 1.165) is 0 Å². The molecular weight excluding hydrogens is 525 g/mol. The second-order valence-electron chi connectivity index (χ2n) is 6.81. The van der Waals surface area contributed by atoms with Crippen molar-refractivity contribution in [1.29, 1.82) is 0 Å². The number of rotatable bonds is 3. The van der Waals surface area contributed by atoms with E-state index < -0.39 is 0 Å². The molecule has 0 aromatic heterocycles. The molecule has 3 aromatic rings. The summed E-state index contributed by atoms with van der Waals surface area (Å²) in [5.41, 5.74) is 7.35. The van der Waals surface area contributed by atoms with Gasteiger partial charge in [0.2, 0.25) is 0 Å². The van der Waals surface area contributed by atoms with E-state index in [4.69, 9.17) is 0 Å². The van der Waals surface area contributed by atoms with Crippen molar-refractivity contribution >= 4 is 52.9 Å². The van der Waals surface area contributed by atoms with Crippen LogP contribution in [-0.2, 0) is 0 Å². The van der Waals surface area contributed by atoms with Gasteiger partial charge < -0.3 is 0 Å². The van der Waals surface area contributed by atoms with E-state index in [1.807, 2.05) is 0 Å². The van der Waals surface area contributed by atoms with Gasteiger partial charge in [0.25, 0.3) is 0 Å². The van der Waals surface area contributed by atoms with Gasteiger partial charge in [-0.05, 0) is 0 Å². The molecule has 0 N–H and O–H groups in total. The van der Waals surface area contributed by atoms with Crippen LogP contribution in [-0.4, -0.2) is 41.8 Å². The van der Waals surface area contributed by atoms with Crippen molar-refractivity contribution in [2.45, 2.75) is 24.5 Å². The van der Waals surface area contributed by atoms with Crippen molar-refractivity contribution < 1.29 is 0 Å². The van der Waals surface area contributed by atoms with E-state index in [1.54, 1.807) is 9.88 Å². The number of hydrogen-bond acceptors (Lipinski definition) is 0. The topological polar surface area (TPSA) is 0 Å². The molecule has 1 heterocycles. The first kappa shape index (κ1) is 20.2. The molecule has 0 saturated carbocycles. The third-order valence-corrected chi connectivity index (χ3v) is 26.8. The van der Waals surface area contributed by atoms with E-state index in [9.17, 15) is 0 Å². The summed E-state index contributed by atoms with van der Waals surface area (Å²) in [5.74, 6) is 0. The van der Waals surface area contributed by atoms with Crippen LogP contribution in [0.3, 0.4) is 0 Å². The molecule has 0 nitrogen and oxygen atoms in total. The Morgan fingerprint density at radius 1 is 0.571 bits per heavy atom. The molecule has 0 bridgehead atoms. The number of hydrogen-bond donors (Lipinski definition) is 0. The van der Waals surface area contributed by atoms with Gasteiger partial charge in [0, 0.05) is 0 Å². The number of allylic oxidation sites excluding steroid dienone is 2. The molecule has 0 atom stereocenters. The van der Waals surface area contributed by atoms with Gasteiger partial charge in [-0.1, -0.05) is 0 Å². The third-order valence-electron chi connectivity index (χ3n) is 4.91. The van der Waals surface area contributed by atoms with E-state index in [-0.39, 0.29) is 13.2 Å². The molecule has 0 saturated heterocycles. The van der Waals surface area contributed by atoms with Crippen molar-refractivity contribution in [2.24, 2.45) is 0 Å². The first-order chi connectivity index (χ1) is 13.9. The molecule has 0 unspecified atom stereocenters. The normalized spacial score (nSPS) is 20.8. The molecule has 1 aliphatic heterocycles. The Morgan fingerprint density at radius 2 is 1.14 bits per heavy atom. The quantitative estimate of drug-likeness (QED) is 0.387. The van der Waals surface area contributed by atoms with Crippen LogP contribution in [0.2, 0.25) is 5.21 Å².